The number of carboxylic acids is 1. The molecule has 4 aromatic heterocycles. The minimum atomic E-state index is -1.19. The van der Waals surface area contributed by atoms with E-state index in [1.54, 1.807) is 73.1 Å². The van der Waals surface area contributed by atoms with Gasteiger partial charge in [-0.1, -0.05) is 132 Å². The highest BCUT2D eigenvalue weighted by molar-refractivity contribution is 6.31. The smallest absolute Gasteiger partial charge is 0.308 e. The van der Waals surface area contributed by atoms with E-state index in [0.717, 1.165) is 27.8 Å². The highest BCUT2D eigenvalue weighted by atomic mass is 35.5. The van der Waals surface area contributed by atoms with Crippen LogP contribution in [0.25, 0.3) is 5.52 Å². The molecule has 4 heterocycles. The minimum Gasteiger partial charge on any atom is -0.503 e. The average Bonchev–Trinajstić information content (AvgIpc) is 0.786. The zero-order chi connectivity index (χ0) is 71.7. The molecule has 0 fully saturated rings. The molecular formula is C71H73Cl3N8O17. The topological polar surface area (TPSA) is 317 Å². The molecule has 0 bridgehead atoms. The molecule has 0 saturated carbocycles. The number of amides is 4. The van der Waals surface area contributed by atoms with Gasteiger partial charge in [0.25, 0.3) is 17.4 Å². The van der Waals surface area contributed by atoms with Crippen LogP contribution >= 0.6 is 34.8 Å². The maximum Gasteiger partial charge on any atom is 0.308 e. The molecule has 4 amide bonds. The van der Waals surface area contributed by atoms with E-state index in [2.05, 4.69) is 21.3 Å². The van der Waals surface area contributed by atoms with Crippen LogP contribution in [0, 0.1) is 0 Å². The van der Waals surface area contributed by atoms with Gasteiger partial charge in [0.1, 0.15) is 13.2 Å². The molecule has 6 N–H and O–H groups in total. The third-order valence-corrected chi connectivity index (χ3v) is 15.6. The number of likely N-dealkylation sites (N-methyl/N-ethyl adjacent to an activating group) is 2. The summed E-state index contributed by atoms with van der Waals surface area (Å²) in [5.74, 6) is -4.15. The minimum absolute atomic E-state index is 0.000831. The fourth-order valence-corrected chi connectivity index (χ4v) is 10.5. The zero-order valence-electron chi connectivity index (χ0n) is 54.8. The second kappa shape index (κ2) is 37.4. The maximum absolute atomic E-state index is 13.5. The van der Waals surface area contributed by atoms with E-state index in [4.69, 9.17) is 63.2 Å². The van der Waals surface area contributed by atoms with Crippen molar-refractivity contribution in [2.24, 2.45) is 0 Å². The molecule has 520 valence electrons. The molecule has 99 heavy (non-hydrogen) atoms. The first-order valence-electron chi connectivity index (χ1n) is 30.4. The van der Waals surface area contributed by atoms with E-state index in [0.29, 0.717) is 15.1 Å². The van der Waals surface area contributed by atoms with Crippen molar-refractivity contribution >= 4 is 69.9 Å². The van der Waals surface area contributed by atoms with E-state index in [1.807, 2.05) is 72.8 Å². The van der Waals surface area contributed by atoms with Crippen LogP contribution in [0.5, 0.6) is 17.2 Å². The van der Waals surface area contributed by atoms with Crippen molar-refractivity contribution in [1.82, 2.24) is 39.4 Å². The quantitative estimate of drug-likeness (QED) is 0.0261. The van der Waals surface area contributed by atoms with Crippen LogP contribution in [0.1, 0.15) is 65.5 Å². The zero-order valence-corrected chi connectivity index (χ0v) is 57.0. The van der Waals surface area contributed by atoms with E-state index >= 15 is 0 Å². The number of methoxy groups -OCH3 is 4. The van der Waals surface area contributed by atoms with Crippen molar-refractivity contribution in [2.45, 2.75) is 77.8 Å². The van der Waals surface area contributed by atoms with Crippen LogP contribution in [0.4, 0.5) is 0 Å². The van der Waals surface area contributed by atoms with Gasteiger partial charge in [-0.15, -0.1) is 0 Å². The highest BCUT2D eigenvalue weighted by Crippen LogP contribution is 2.23. The Kier molecular flexibility index (Phi) is 28.7. The largest absolute Gasteiger partial charge is 0.503 e. The number of hydrogen-bond acceptors (Lipinski definition) is 16. The summed E-state index contributed by atoms with van der Waals surface area (Å²) in [6, 6.07) is 39.5. The standard InChI is InChI=1S/C27H30ClN3O6.C26H27ClN2O7.C18H16ClN3O4/c1-29-22(32)13-20-15-31(16-23(35-2)36-3)24(27(34)30-14-19-10-7-11-21(28)12-19)26(25(20)33)37-17-18-8-5-4-6-9-18;1-34-22(35-2)15-29-14-19(12-21(30)31)24(32)25(36-16-17-7-4-3-5-8-17)23(29)26(33)28-13-18-9-6-10-20(27)11-18;1-20-14(23)8-12-10-21-5-6-22(9-11-3-2-4-13(19)7-11)18(26)15(21)17(25)16(12)24/h4-12,15,23H,13-14,16-17H2,1-3H3,(H,29,32)(H,30,34);3-11,14,22H,12-13,15-16H2,1-2H3,(H,28,33)(H,30,31);2-7,10,25H,8-9H2,1H3,(H,20,23). The number of carbonyl (C=O) groups excluding carboxylic acids is 4. The Morgan fingerprint density at radius 3 is 1.28 bits per heavy atom. The molecule has 25 nitrogen and oxygen atoms in total. The van der Waals surface area contributed by atoms with Gasteiger partial charge >= 0.3 is 5.97 Å². The van der Waals surface area contributed by atoms with Gasteiger partial charge in [0.05, 0.1) is 38.9 Å². The molecule has 0 aliphatic heterocycles. The average molecular weight is 1420 g/mol. The number of rotatable bonds is 28. The third kappa shape index (κ3) is 21.6. The van der Waals surface area contributed by atoms with Gasteiger partial charge in [0.2, 0.25) is 28.1 Å². The molecule has 28 heteroatoms. The lowest BCUT2D eigenvalue weighted by atomic mass is 10.1. The monoisotopic (exact) mass is 1410 g/mol. The van der Waals surface area contributed by atoms with Gasteiger partial charge in [0.15, 0.2) is 46.7 Å². The van der Waals surface area contributed by atoms with Crippen LogP contribution < -0.4 is 52.6 Å². The van der Waals surface area contributed by atoms with E-state index < -0.39 is 64.4 Å². The lowest BCUT2D eigenvalue weighted by Gasteiger charge is -2.22. The Bertz CT molecular complexity index is 4560. The number of aliphatic carboxylic acids is 1. The number of ether oxygens (including phenoxy) is 6. The lowest BCUT2D eigenvalue weighted by Crippen LogP contribution is -2.34. The summed E-state index contributed by atoms with van der Waals surface area (Å²) in [5.41, 5.74) is 1.45. The number of carboxylic acid groups (broad SMARTS) is 1. The van der Waals surface area contributed by atoms with Gasteiger partial charge in [-0.2, -0.15) is 0 Å². The van der Waals surface area contributed by atoms with Crippen LogP contribution in [-0.4, -0.2) is 113 Å². The molecule has 9 aromatic rings. The van der Waals surface area contributed by atoms with Crippen molar-refractivity contribution in [3.63, 3.8) is 0 Å². The highest BCUT2D eigenvalue weighted by Gasteiger charge is 2.28. The summed E-state index contributed by atoms with van der Waals surface area (Å²) in [7, 11) is 8.73. The first-order chi connectivity index (χ1) is 47.6. The SMILES string of the molecule is CNC(=O)Cc1cn(CC(OC)OC)c(C(=O)NCc2cccc(Cl)c2)c(OCc2ccccc2)c1=O.CNC(=O)Cc1cn2ccn(Cc3cccc(Cl)c3)c(=O)c2c(O)c1=O.COC(Cn1cc(CC(=O)O)c(=O)c(OCc2ccccc2)c1C(=O)NCc1cccc(Cl)c1)OC. The molecular weight excluding hydrogens is 1340 g/mol. The second-order valence-electron chi connectivity index (χ2n) is 21.8. The summed E-state index contributed by atoms with van der Waals surface area (Å²) in [6.45, 7) is 0.663. The number of fused-ring (bicyclic) bond motifs is 1. The Hall–Kier alpha value is -10.4. The maximum atomic E-state index is 13.5. The van der Waals surface area contributed by atoms with Gasteiger partial charge in [-0.05, 0) is 64.2 Å². The predicted molar refractivity (Wildman–Crippen MR) is 371 cm³/mol. The number of hydrogen-bond donors (Lipinski definition) is 6. The molecule has 0 aliphatic carbocycles. The summed E-state index contributed by atoms with van der Waals surface area (Å²) >= 11 is 18.1. The molecule has 0 aliphatic rings. The van der Waals surface area contributed by atoms with E-state index in [-0.39, 0.29) is 116 Å². The van der Waals surface area contributed by atoms with Gasteiger partial charge in [-0.25, -0.2) is 0 Å². The lowest BCUT2D eigenvalue weighted by molar-refractivity contribution is -0.136. The Labute approximate surface area is 582 Å². The Morgan fingerprint density at radius 1 is 0.485 bits per heavy atom. The van der Waals surface area contributed by atoms with Crippen LogP contribution in [0.2, 0.25) is 15.1 Å². The van der Waals surface area contributed by atoms with Gasteiger partial charge in [-0.3, -0.25) is 43.2 Å². The number of carbonyl (C=O) groups is 5. The Balaban J connectivity index is 0.000000212. The van der Waals surface area contributed by atoms with E-state index in [1.165, 1.54) is 79.2 Å². The molecule has 0 atom stereocenters. The first kappa shape index (κ1) is 76.0. The summed E-state index contributed by atoms with van der Waals surface area (Å²) < 4.78 is 38.7. The molecule has 0 saturated heterocycles. The van der Waals surface area contributed by atoms with Crippen molar-refractivity contribution in [2.75, 3.05) is 42.5 Å². The third-order valence-electron chi connectivity index (χ3n) is 14.9. The van der Waals surface area contributed by atoms with E-state index in [9.17, 15) is 53.4 Å². The molecule has 0 unspecified atom stereocenters. The molecule has 5 aromatic carbocycles. The fourth-order valence-electron chi connectivity index (χ4n) is 9.89. The van der Waals surface area contributed by atoms with Gasteiger partial charge in [0, 0.05) is 118 Å². The normalized spacial score (nSPS) is 10.9. The predicted octanol–water partition coefficient (Wildman–Crippen LogP) is 7.33. The number of nitrogens with one attached hydrogen (secondary N) is 4. The number of halogens is 3. The van der Waals surface area contributed by atoms with Crippen molar-refractivity contribution in [1.29, 1.82) is 0 Å². The number of aromatic hydroxyl groups is 1. The molecule has 0 spiro atoms. The molecule has 0 radical (unpaired) electrons. The van der Waals surface area contributed by atoms with Crippen LogP contribution in [0.3, 0.4) is 0 Å². The summed E-state index contributed by atoms with van der Waals surface area (Å²) in [5, 5.41) is 31.7. The van der Waals surface area contributed by atoms with Crippen LogP contribution in [-0.2, 0) is 98.5 Å². The number of aromatic nitrogens is 4. The number of nitrogens with zero attached hydrogens (tertiary/aromatic N) is 4. The number of pyridine rings is 3. The Morgan fingerprint density at radius 2 is 0.879 bits per heavy atom. The van der Waals surface area contributed by atoms with Gasteiger partial charge < -0.3 is 78.0 Å². The van der Waals surface area contributed by atoms with Crippen molar-refractivity contribution in [3.8, 4) is 17.2 Å². The summed E-state index contributed by atoms with van der Waals surface area (Å²) in [4.78, 5) is 114. The van der Waals surface area contributed by atoms with Crippen molar-refractivity contribution < 1.29 is 62.6 Å². The first-order valence-corrected chi connectivity index (χ1v) is 31.6. The van der Waals surface area contributed by atoms with Crippen LogP contribution in [0.15, 0.2) is 184 Å². The summed E-state index contributed by atoms with van der Waals surface area (Å²) in [6.07, 6.45) is 4.86. The fraction of sp³-hybridized carbons (Fsp3) is 0.254. The second-order valence-corrected chi connectivity index (χ2v) is 23.1. The number of benzene rings is 5. The van der Waals surface area contributed by atoms with Crippen molar-refractivity contribution in [3.05, 3.63) is 276 Å². The molecule has 9 rings (SSSR count).